The summed E-state index contributed by atoms with van der Waals surface area (Å²) in [6.07, 6.45) is 2.88. The second-order valence-electron chi connectivity index (χ2n) is 5.15. The van der Waals surface area contributed by atoms with Crippen LogP contribution in [0.4, 0.5) is 0 Å². The Morgan fingerprint density at radius 1 is 0.900 bits per heavy atom. The molecule has 0 fully saturated rings. The van der Waals surface area contributed by atoms with Crippen LogP contribution in [0.25, 0.3) is 0 Å². The molecule has 13 radical (unpaired) electrons. The van der Waals surface area contributed by atoms with Gasteiger partial charge in [-0.1, -0.05) is 27.7 Å². The second kappa shape index (κ2) is 60.1. The number of rotatable bonds is 2. The van der Waals surface area contributed by atoms with Gasteiger partial charge in [-0.15, -0.1) is 0 Å². The molecule has 1 unspecified atom stereocenters. The molecule has 0 aliphatic heterocycles. The largest absolute Gasteiger partial charge is 0.340 e. The van der Waals surface area contributed by atoms with Gasteiger partial charge in [-0.2, -0.15) is 60.3 Å². The maximum Gasteiger partial charge on any atom is 0.101 e. The van der Waals surface area contributed by atoms with E-state index in [0.717, 1.165) is 6.16 Å². The quantitative estimate of drug-likeness (QED) is 0.223. The topological polar surface area (TPSA) is 0 Å². The van der Waals surface area contributed by atoms with E-state index >= 15 is 0 Å². The first-order valence-electron chi connectivity index (χ1n) is 6.56. The number of aryl methyl sites for hydroxylation is 2. The smallest absolute Gasteiger partial charge is 0.101 e. The van der Waals surface area contributed by atoms with Crippen molar-refractivity contribution in [3.05, 3.63) is 55.2 Å². The Hall–Kier alpha value is 11.9. The van der Waals surface area contributed by atoms with E-state index in [1.165, 1.54) is 16.7 Å². The summed E-state index contributed by atoms with van der Waals surface area (Å²) in [6, 6.07) is 7.48. The van der Waals surface area contributed by atoms with E-state index in [2.05, 4.69) is 53.7 Å². The SMILES string of the molecule is C[CH-]C.[B]PC[CH2-].[CH2-]C(C)(C)c1[c-]cc(C)cc1C.[Y].[Y].[Y].[Y].[Y].[Y].[Y].[Y].[Y].[Y].[Y]. The van der Waals surface area contributed by atoms with Crippen LogP contribution in [0.15, 0.2) is 12.1 Å². The summed E-state index contributed by atoms with van der Waals surface area (Å²) in [5.74, 6) is 0. The normalized spacial score (nSPS) is 6.67. The standard InChI is InChI=1S/C12H16.C3H7.C2H5BP.11Y/c1-9-6-7-11(10(2)8-9)12(3,4)5;1-3-2;1-2-4-3;;;;;;;;;;;/h6,8H,3H2,1-2,4-5H3;3H,1-2H3;4H,1-2H2;;;;;;;;;;;/q-2;2*-1;;;;;;;;;;;. The maximum absolute atomic E-state index is 4.99. The van der Waals surface area contributed by atoms with Crippen molar-refractivity contribution in [2.24, 2.45) is 0 Å². The van der Waals surface area contributed by atoms with Crippen molar-refractivity contribution in [1.29, 1.82) is 0 Å². The van der Waals surface area contributed by atoms with Gasteiger partial charge in [0.15, 0.2) is 0 Å². The van der Waals surface area contributed by atoms with E-state index in [9.17, 15) is 0 Å². The first kappa shape index (κ1) is 83.9. The molecular formula is C17H28BPY11-4. The minimum atomic E-state index is -0.0300. The van der Waals surface area contributed by atoms with Gasteiger partial charge in [-0.3, -0.25) is 0 Å². The molecule has 0 aliphatic rings. The molecule has 0 saturated heterocycles. The van der Waals surface area contributed by atoms with Crippen molar-refractivity contribution in [1.82, 2.24) is 0 Å². The van der Waals surface area contributed by atoms with Crippen molar-refractivity contribution < 1.29 is 360 Å². The van der Waals surface area contributed by atoms with Crippen LogP contribution in [-0.2, 0) is 365 Å². The summed E-state index contributed by atoms with van der Waals surface area (Å²) in [6.45, 7) is 20.0. The third kappa shape index (κ3) is 59.3. The summed E-state index contributed by atoms with van der Waals surface area (Å²) in [5.41, 5.74) is 3.74. The zero-order valence-electron chi connectivity index (χ0n) is 19.8. The molecule has 1 aromatic carbocycles. The van der Waals surface area contributed by atoms with Crippen LogP contribution in [0.1, 0.15) is 44.4 Å². The number of benzene rings is 1. The van der Waals surface area contributed by atoms with E-state index < -0.39 is 0 Å². The van der Waals surface area contributed by atoms with Crippen LogP contribution in [0.5, 0.6) is 0 Å². The van der Waals surface area contributed by atoms with Crippen molar-refractivity contribution in [3.8, 4) is 0 Å². The summed E-state index contributed by atoms with van der Waals surface area (Å²) in [7, 11) is 5.52. The molecule has 13 heteroatoms. The summed E-state index contributed by atoms with van der Waals surface area (Å²) in [4.78, 5) is 0. The zero-order valence-corrected chi connectivity index (χ0v) is 52.0. The summed E-state index contributed by atoms with van der Waals surface area (Å²) < 4.78 is 0. The van der Waals surface area contributed by atoms with Crippen molar-refractivity contribution >= 4 is 16.0 Å². The third-order valence-electron chi connectivity index (χ3n) is 2.10. The van der Waals surface area contributed by atoms with Gasteiger partial charge in [0, 0.05) is 360 Å². The molecule has 0 bridgehead atoms. The van der Waals surface area contributed by atoms with Crippen LogP contribution < -0.4 is 0 Å². The maximum atomic E-state index is 4.99. The predicted molar refractivity (Wildman–Crippen MR) is 93.1 cm³/mol. The first-order chi connectivity index (χ1) is 8.74. The average Bonchev–Trinajstić information content (AvgIpc) is 2.28. The number of hydrogen-bond donors (Lipinski definition) is 0. The average molecular weight is 1250 g/mol. The summed E-state index contributed by atoms with van der Waals surface area (Å²) in [5, 5.41) is 0. The monoisotopic (exact) mass is 1250 g/mol. The minimum absolute atomic E-state index is 0. The van der Waals surface area contributed by atoms with Crippen LogP contribution in [0, 0.1) is 40.2 Å². The van der Waals surface area contributed by atoms with Crippen LogP contribution in [0.2, 0.25) is 0 Å². The fraction of sp³-hybridized carbons (Fsp3) is 0.471. The minimum Gasteiger partial charge on any atom is -0.340 e. The molecule has 30 heavy (non-hydrogen) atoms. The van der Waals surface area contributed by atoms with Gasteiger partial charge in [-0.05, 0) is 0 Å². The molecule has 0 saturated carbocycles. The number of hydrogen-bond acceptors (Lipinski definition) is 0. The van der Waals surface area contributed by atoms with Crippen molar-refractivity contribution in [2.75, 3.05) is 6.16 Å². The van der Waals surface area contributed by atoms with E-state index in [-0.39, 0.29) is 365 Å². The van der Waals surface area contributed by atoms with E-state index in [0.29, 0.717) is 8.46 Å². The van der Waals surface area contributed by atoms with E-state index in [1.807, 2.05) is 26.3 Å². The van der Waals surface area contributed by atoms with Gasteiger partial charge in [0.2, 0.25) is 0 Å². The second-order valence-corrected chi connectivity index (χ2v) is 6.06. The van der Waals surface area contributed by atoms with Gasteiger partial charge in [-0.25, -0.2) is 8.46 Å². The summed E-state index contributed by atoms with van der Waals surface area (Å²) >= 11 is 0. The molecule has 1 aromatic rings. The van der Waals surface area contributed by atoms with Gasteiger partial charge in [0.25, 0.3) is 0 Å². The molecule has 0 nitrogen and oxygen atoms in total. The van der Waals surface area contributed by atoms with Gasteiger partial charge in [0.1, 0.15) is 7.57 Å². The molecule has 0 spiro atoms. The third-order valence-corrected chi connectivity index (χ3v) is 2.39. The fourth-order valence-electron chi connectivity index (χ4n) is 1.48. The molecule has 0 N–H and O–H groups in total. The van der Waals surface area contributed by atoms with Crippen LogP contribution in [0.3, 0.4) is 0 Å². The van der Waals surface area contributed by atoms with Crippen LogP contribution in [-0.4, -0.2) is 13.7 Å². The van der Waals surface area contributed by atoms with Gasteiger partial charge < -0.3 is 20.3 Å². The Morgan fingerprint density at radius 3 is 1.33 bits per heavy atom. The van der Waals surface area contributed by atoms with Crippen molar-refractivity contribution in [2.45, 2.75) is 47.0 Å². The zero-order chi connectivity index (χ0) is 15.5. The Morgan fingerprint density at radius 2 is 1.17 bits per heavy atom. The molecule has 1 atom stereocenters. The molecule has 0 aliphatic carbocycles. The van der Waals surface area contributed by atoms with E-state index in [4.69, 9.17) is 7.57 Å². The van der Waals surface area contributed by atoms with Gasteiger partial charge in [0.05, 0.1) is 0 Å². The molecule has 0 heterocycles. The predicted octanol–water partition coefficient (Wildman–Crippen LogP) is 5.00. The molecule has 0 amide bonds. The van der Waals surface area contributed by atoms with E-state index in [1.54, 1.807) is 0 Å². The Labute approximate surface area is 470 Å². The molecule has 0 aromatic heterocycles. The van der Waals surface area contributed by atoms with Crippen LogP contribution >= 0.6 is 8.46 Å². The van der Waals surface area contributed by atoms with Crippen molar-refractivity contribution in [3.63, 3.8) is 0 Å². The molecule has 1 rings (SSSR count). The Kier molecular flexibility index (Phi) is 168. The Bertz CT molecular complexity index is 353. The first-order valence-corrected chi connectivity index (χ1v) is 7.84. The molecule has 141 valence electrons. The molecular weight excluding hydrogens is 1220 g/mol. The fourth-order valence-corrected chi connectivity index (χ4v) is 1.48. The van der Waals surface area contributed by atoms with Gasteiger partial charge >= 0.3 is 0 Å². The Balaban J connectivity index is -0.0000000132.